The Morgan fingerprint density at radius 1 is 1.11 bits per heavy atom. The lowest BCUT2D eigenvalue weighted by Gasteiger charge is -2.54. The highest BCUT2D eigenvalue weighted by atomic mass is 16.5. The number of nitrogens with one attached hydrogen (secondary N) is 1. The summed E-state index contributed by atoms with van der Waals surface area (Å²) in [7, 11) is 1.54. The maximum atomic E-state index is 13.5. The number of hydrogen-bond donors (Lipinski definition) is 2. The molecule has 12 heteroatoms. The first kappa shape index (κ1) is 26.4. The summed E-state index contributed by atoms with van der Waals surface area (Å²) in [6.07, 6.45) is -1.61. The predicted molar refractivity (Wildman–Crippen MR) is 133 cm³/mol. The number of hydrazine groups is 1. The first-order valence-electron chi connectivity index (χ1n) is 12.0. The third-order valence-corrected chi connectivity index (χ3v) is 6.48. The average Bonchev–Trinajstić information content (AvgIpc) is 2.90. The molecule has 198 valence electrons. The van der Waals surface area contributed by atoms with Crippen LogP contribution in [0.2, 0.25) is 0 Å². The SMILES string of the molecule is COc1ccc(CN2C[C@H]3N(C(=O)CN(CC#N)N3C(=O)NCc3ccccc3)C(CC(=O)O)C2=O)cc1. The van der Waals surface area contributed by atoms with E-state index in [0.717, 1.165) is 11.1 Å². The number of methoxy groups -OCH3 is 1. The van der Waals surface area contributed by atoms with E-state index in [1.165, 1.54) is 19.8 Å². The fourth-order valence-corrected chi connectivity index (χ4v) is 4.73. The van der Waals surface area contributed by atoms with Crippen molar-refractivity contribution in [3.05, 3.63) is 65.7 Å². The third kappa shape index (κ3) is 5.68. The Labute approximate surface area is 219 Å². The second kappa shape index (κ2) is 11.6. The molecule has 4 rings (SSSR count). The minimum Gasteiger partial charge on any atom is -0.497 e. The van der Waals surface area contributed by atoms with E-state index in [0.29, 0.717) is 5.75 Å². The lowest BCUT2D eigenvalue weighted by molar-refractivity contribution is -0.190. The fourth-order valence-electron chi connectivity index (χ4n) is 4.73. The largest absolute Gasteiger partial charge is 0.497 e. The van der Waals surface area contributed by atoms with E-state index in [1.807, 2.05) is 36.4 Å². The van der Waals surface area contributed by atoms with Gasteiger partial charge >= 0.3 is 12.0 Å². The summed E-state index contributed by atoms with van der Waals surface area (Å²) >= 11 is 0. The van der Waals surface area contributed by atoms with Crippen molar-refractivity contribution in [1.82, 2.24) is 25.1 Å². The van der Waals surface area contributed by atoms with Gasteiger partial charge in [-0.1, -0.05) is 42.5 Å². The smallest absolute Gasteiger partial charge is 0.334 e. The van der Waals surface area contributed by atoms with E-state index >= 15 is 0 Å². The molecule has 4 amide bonds. The molecule has 2 atom stereocenters. The molecule has 1 unspecified atom stereocenters. The summed E-state index contributed by atoms with van der Waals surface area (Å²) in [5.41, 5.74) is 1.61. The number of aliphatic carboxylic acids is 1. The third-order valence-electron chi connectivity index (χ3n) is 6.48. The van der Waals surface area contributed by atoms with Crippen molar-refractivity contribution < 1.29 is 29.0 Å². The molecule has 0 aromatic heterocycles. The molecule has 2 N–H and O–H groups in total. The number of nitrogens with zero attached hydrogens (tertiary/aromatic N) is 5. The van der Waals surface area contributed by atoms with Crippen LogP contribution in [0.25, 0.3) is 0 Å². The molecule has 38 heavy (non-hydrogen) atoms. The standard InChI is InChI=1S/C26H28N6O6/c1-38-20-9-7-19(8-10-20)15-29-16-22-31(21(25(29)36)13-24(34)35)23(33)17-30(12-11-27)32(22)26(37)28-14-18-5-3-2-4-6-18/h2-10,21-22H,12-17H2,1H3,(H,28,37)(H,34,35)/t21?,22-/m0/s1. The van der Waals surface area contributed by atoms with Crippen LogP contribution in [0.5, 0.6) is 5.75 Å². The summed E-state index contributed by atoms with van der Waals surface area (Å²) in [6, 6.07) is 16.4. The van der Waals surface area contributed by atoms with Gasteiger partial charge in [0.1, 0.15) is 24.5 Å². The number of rotatable bonds is 8. The summed E-state index contributed by atoms with van der Waals surface area (Å²) < 4.78 is 5.18. The van der Waals surface area contributed by atoms with E-state index in [4.69, 9.17) is 4.74 Å². The average molecular weight is 521 g/mol. The van der Waals surface area contributed by atoms with Crippen LogP contribution >= 0.6 is 0 Å². The number of carboxylic acids is 1. The van der Waals surface area contributed by atoms with Crippen LogP contribution in [0.1, 0.15) is 17.5 Å². The maximum Gasteiger partial charge on any atom is 0.334 e. The number of carbonyl (C=O) groups excluding carboxylic acids is 3. The number of fused-ring (bicyclic) bond motifs is 1. The summed E-state index contributed by atoms with van der Waals surface area (Å²) in [5.74, 6) is -1.66. The van der Waals surface area contributed by atoms with E-state index < -0.39 is 42.4 Å². The van der Waals surface area contributed by atoms with Crippen LogP contribution < -0.4 is 10.1 Å². The number of urea groups is 1. The number of carboxylic acid groups (broad SMARTS) is 1. The van der Waals surface area contributed by atoms with Gasteiger partial charge in [-0.15, -0.1) is 0 Å². The zero-order chi connectivity index (χ0) is 27.2. The van der Waals surface area contributed by atoms with Crippen molar-refractivity contribution in [2.24, 2.45) is 0 Å². The molecule has 2 aromatic carbocycles. The van der Waals surface area contributed by atoms with Crippen LogP contribution in [0.4, 0.5) is 4.79 Å². The van der Waals surface area contributed by atoms with Gasteiger partial charge in [-0.25, -0.2) is 9.80 Å². The van der Waals surface area contributed by atoms with Crippen LogP contribution in [-0.4, -0.2) is 87.7 Å². The Kier molecular flexibility index (Phi) is 8.08. The molecular formula is C26H28N6O6. The molecule has 0 bridgehead atoms. The number of amides is 4. The minimum atomic E-state index is -1.30. The van der Waals surface area contributed by atoms with Crippen LogP contribution in [-0.2, 0) is 27.5 Å². The predicted octanol–water partition coefficient (Wildman–Crippen LogP) is 1.00. The van der Waals surface area contributed by atoms with Crippen molar-refractivity contribution in [3.63, 3.8) is 0 Å². The van der Waals surface area contributed by atoms with Crippen molar-refractivity contribution in [2.75, 3.05) is 26.7 Å². The van der Waals surface area contributed by atoms with E-state index in [1.54, 1.807) is 31.4 Å². The monoisotopic (exact) mass is 520 g/mol. The Bertz CT molecular complexity index is 1230. The van der Waals surface area contributed by atoms with Crippen molar-refractivity contribution in [3.8, 4) is 11.8 Å². The van der Waals surface area contributed by atoms with Crippen molar-refractivity contribution >= 4 is 23.8 Å². The lowest BCUT2D eigenvalue weighted by Crippen LogP contribution is -2.76. The van der Waals surface area contributed by atoms with Gasteiger partial charge in [-0.2, -0.15) is 10.3 Å². The van der Waals surface area contributed by atoms with E-state index in [9.17, 15) is 29.5 Å². The molecule has 0 saturated carbocycles. The Balaban J connectivity index is 1.65. The number of hydrogen-bond acceptors (Lipinski definition) is 7. The molecule has 2 aliphatic rings. The molecule has 0 radical (unpaired) electrons. The molecule has 2 aromatic rings. The number of nitriles is 1. The molecular weight excluding hydrogens is 492 g/mol. The molecule has 0 spiro atoms. The van der Waals surface area contributed by atoms with Gasteiger partial charge in [0.15, 0.2) is 0 Å². The summed E-state index contributed by atoms with van der Waals surface area (Å²) in [5, 5.41) is 24.3. The number of carbonyl (C=O) groups is 4. The van der Waals surface area contributed by atoms with Gasteiger partial charge in [0.05, 0.1) is 32.7 Å². The van der Waals surface area contributed by atoms with Gasteiger partial charge in [-0.3, -0.25) is 14.4 Å². The van der Waals surface area contributed by atoms with Gasteiger partial charge in [0.2, 0.25) is 11.8 Å². The quantitative estimate of drug-likeness (QED) is 0.490. The molecule has 0 aliphatic carbocycles. The van der Waals surface area contributed by atoms with E-state index in [2.05, 4.69) is 5.32 Å². The molecule has 2 fully saturated rings. The van der Waals surface area contributed by atoms with Gasteiger partial charge in [-0.05, 0) is 23.3 Å². The topological polar surface area (TPSA) is 147 Å². The Morgan fingerprint density at radius 2 is 1.82 bits per heavy atom. The maximum absolute atomic E-state index is 13.5. The second-order valence-corrected chi connectivity index (χ2v) is 8.93. The first-order valence-corrected chi connectivity index (χ1v) is 12.0. The highest BCUT2D eigenvalue weighted by Gasteiger charge is 2.51. The lowest BCUT2D eigenvalue weighted by atomic mass is 10.0. The van der Waals surface area contributed by atoms with Crippen LogP contribution in [0, 0.1) is 11.3 Å². The zero-order valence-corrected chi connectivity index (χ0v) is 20.8. The van der Waals surface area contributed by atoms with Crippen LogP contribution in [0.15, 0.2) is 54.6 Å². The van der Waals surface area contributed by atoms with Crippen molar-refractivity contribution in [2.45, 2.75) is 31.7 Å². The zero-order valence-electron chi connectivity index (χ0n) is 20.8. The molecule has 2 heterocycles. The molecule has 2 aliphatic heterocycles. The minimum absolute atomic E-state index is 0.0621. The normalized spacial score (nSPS) is 19.5. The number of benzene rings is 2. The number of ether oxygens (including phenoxy) is 1. The molecule has 2 saturated heterocycles. The van der Waals surface area contributed by atoms with Crippen LogP contribution in [0.3, 0.4) is 0 Å². The Morgan fingerprint density at radius 3 is 2.45 bits per heavy atom. The van der Waals surface area contributed by atoms with E-state index in [-0.39, 0.29) is 32.7 Å². The van der Waals surface area contributed by atoms with Gasteiger partial charge in [0.25, 0.3) is 0 Å². The van der Waals surface area contributed by atoms with Crippen molar-refractivity contribution in [1.29, 1.82) is 5.26 Å². The van der Waals surface area contributed by atoms with Gasteiger partial charge in [0, 0.05) is 13.1 Å². The summed E-state index contributed by atoms with van der Waals surface area (Å²) in [6.45, 7) is -0.317. The second-order valence-electron chi connectivity index (χ2n) is 8.93. The Hall–Kier alpha value is -4.63. The van der Waals surface area contributed by atoms with Gasteiger partial charge < -0.3 is 25.0 Å². The highest BCUT2D eigenvalue weighted by molar-refractivity contribution is 5.93. The first-order chi connectivity index (χ1) is 18.3. The highest BCUT2D eigenvalue weighted by Crippen LogP contribution is 2.29. The summed E-state index contributed by atoms with van der Waals surface area (Å²) in [4.78, 5) is 54.4. The number of piperazine rings is 1. The fraction of sp³-hybridized carbons (Fsp3) is 0.346. The molecule has 12 nitrogen and oxygen atoms in total.